The van der Waals surface area contributed by atoms with E-state index in [1.54, 1.807) is 0 Å². The maximum atomic E-state index is 14.1. The van der Waals surface area contributed by atoms with Crippen molar-refractivity contribution in [2.75, 3.05) is 0 Å². The predicted molar refractivity (Wildman–Crippen MR) is 190 cm³/mol. The highest BCUT2D eigenvalue weighted by Crippen LogP contribution is 2.33. The van der Waals surface area contributed by atoms with Crippen molar-refractivity contribution in [3.05, 3.63) is 131 Å². The van der Waals surface area contributed by atoms with E-state index < -0.39 is 41.6 Å². The molecule has 1 fully saturated rings. The molecule has 0 aromatic heterocycles. The summed E-state index contributed by atoms with van der Waals surface area (Å²) in [5.41, 5.74) is 5.66. The lowest BCUT2D eigenvalue weighted by Crippen LogP contribution is -2.57. The number of aryl methyl sites for hydroxylation is 2. The van der Waals surface area contributed by atoms with Gasteiger partial charge in [0.2, 0.25) is 23.5 Å². The molecule has 1 heterocycles. The summed E-state index contributed by atoms with van der Waals surface area (Å²) >= 11 is 0. The molecule has 1 aliphatic heterocycles. The quantitative estimate of drug-likeness (QED) is 0.198. The van der Waals surface area contributed by atoms with Crippen LogP contribution in [-0.4, -0.2) is 47.5 Å². The van der Waals surface area contributed by atoms with Gasteiger partial charge in [0.05, 0.1) is 0 Å². The van der Waals surface area contributed by atoms with E-state index in [1.165, 1.54) is 0 Å². The van der Waals surface area contributed by atoms with Gasteiger partial charge < -0.3 is 21.3 Å². The van der Waals surface area contributed by atoms with Gasteiger partial charge in [-0.05, 0) is 71.4 Å². The summed E-state index contributed by atoms with van der Waals surface area (Å²) in [4.78, 5) is 67.7. The SMILES string of the molecule is O=C1CCc2cccc(c2)-c2cccc(c2)CC[C@@H](C(=O)N[C@@H](Cc2ccccc2)C(=O)C(=O)NCc2ccccc2)NC(=O)[C@H](C2CC2)N1. The summed E-state index contributed by atoms with van der Waals surface area (Å²) in [6, 6.07) is 31.6. The second-order valence-electron chi connectivity index (χ2n) is 13.2. The number of hydrogen-bond acceptors (Lipinski definition) is 5. The van der Waals surface area contributed by atoms with Crippen LogP contribution in [0.4, 0.5) is 0 Å². The summed E-state index contributed by atoms with van der Waals surface area (Å²) in [5.74, 6) is -2.84. The van der Waals surface area contributed by atoms with Gasteiger partial charge in [0.25, 0.3) is 5.91 Å². The van der Waals surface area contributed by atoms with Gasteiger partial charge in [0.15, 0.2) is 0 Å². The van der Waals surface area contributed by atoms with E-state index in [4.69, 9.17) is 0 Å². The van der Waals surface area contributed by atoms with Crippen molar-refractivity contribution < 1.29 is 24.0 Å². The molecule has 0 radical (unpaired) electrons. The van der Waals surface area contributed by atoms with Gasteiger partial charge in [-0.15, -0.1) is 0 Å². The Labute approximate surface area is 292 Å². The van der Waals surface area contributed by atoms with Crippen molar-refractivity contribution in [3.63, 3.8) is 0 Å². The summed E-state index contributed by atoms with van der Waals surface area (Å²) in [6.07, 6.45) is 3.14. The van der Waals surface area contributed by atoms with Gasteiger partial charge in [-0.2, -0.15) is 0 Å². The largest absolute Gasteiger partial charge is 0.345 e. The van der Waals surface area contributed by atoms with Gasteiger partial charge in [0.1, 0.15) is 18.1 Å². The molecule has 6 rings (SSSR count). The van der Waals surface area contributed by atoms with Crippen molar-refractivity contribution in [1.29, 1.82) is 0 Å². The third-order valence-corrected chi connectivity index (χ3v) is 9.31. The highest BCUT2D eigenvalue weighted by Gasteiger charge is 2.39. The first-order valence-corrected chi connectivity index (χ1v) is 17.3. The minimum absolute atomic E-state index is 0.0118. The average Bonchev–Trinajstić information content (AvgIpc) is 3.99. The van der Waals surface area contributed by atoms with Crippen molar-refractivity contribution in [2.45, 2.75) is 69.6 Å². The molecular weight excluding hydrogens is 628 g/mol. The third kappa shape index (κ3) is 9.31. The number of rotatable bonds is 9. The summed E-state index contributed by atoms with van der Waals surface area (Å²) in [7, 11) is 0. The first-order valence-electron chi connectivity index (χ1n) is 17.3. The van der Waals surface area contributed by atoms with Crippen LogP contribution >= 0.6 is 0 Å². The molecule has 4 amide bonds. The lowest BCUT2D eigenvalue weighted by atomic mass is 9.96. The van der Waals surface area contributed by atoms with E-state index in [0.717, 1.165) is 46.2 Å². The molecule has 0 saturated heterocycles. The first-order chi connectivity index (χ1) is 24.3. The molecule has 0 unspecified atom stereocenters. The molecule has 4 aromatic carbocycles. The predicted octanol–water partition coefficient (Wildman–Crippen LogP) is 4.23. The fourth-order valence-corrected chi connectivity index (χ4v) is 6.34. The van der Waals surface area contributed by atoms with Crippen LogP contribution in [-0.2, 0) is 49.8 Å². The van der Waals surface area contributed by atoms with E-state index in [-0.39, 0.29) is 37.6 Å². The van der Waals surface area contributed by atoms with E-state index >= 15 is 0 Å². The summed E-state index contributed by atoms with van der Waals surface area (Å²) in [5, 5.41) is 11.3. The summed E-state index contributed by atoms with van der Waals surface area (Å²) < 4.78 is 0. The van der Waals surface area contributed by atoms with Crippen LogP contribution in [0.2, 0.25) is 0 Å². The number of fused-ring (bicyclic) bond motifs is 5. The minimum atomic E-state index is -1.17. The summed E-state index contributed by atoms with van der Waals surface area (Å²) in [6.45, 7) is 0.160. The van der Waals surface area contributed by atoms with Crippen LogP contribution < -0.4 is 21.3 Å². The molecule has 3 atom stereocenters. The topological polar surface area (TPSA) is 133 Å². The number of carbonyl (C=O) groups excluding carboxylic acids is 5. The lowest BCUT2D eigenvalue weighted by molar-refractivity contribution is -0.140. The van der Waals surface area contributed by atoms with Gasteiger partial charge in [0, 0.05) is 19.4 Å². The minimum Gasteiger partial charge on any atom is -0.345 e. The van der Waals surface area contributed by atoms with Crippen LogP contribution in [0.5, 0.6) is 0 Å². The Morgan fingerprint density at radius 2 is 1.30 bits per heavy atom. The van der Waals surface area contributed by atoms with Gasteiger partial charge >= 0.3 is 0 Å². The second kappa shape index (κ2) is 16.2. The van der Waals surface area contributed by atoms with Gasteiger partial charge in [-0.3, -0.25) is 24.0 Å². The van der Waals surface area contributed by atoms with Crippen LogP contribution in [0.3, 0.4) is 0 Å². The second-order valence-corrected chi connectivity index (χ2v) is 13.2. The van der Waals surface area contributed by atoms with Crippen molar-refractivity contribution in [1.82, 2.24) is 21.3 Å². The van der Waals surface area contributed by atoms with E-state index in [0.29, 0.717) is 12.8 Å². The number of benzene rings is 4. The van der Waals surface area contributed by atoms with Crippen molar-refractivity contribution in [2.24, 2.45) is 5.92 Å². The monoisotopic (exact) mass is 670 g/mol. The highest BCUT2D eigenvalue weighted by atomic mass is 16.2. The molecule has 4 bridgehead atoms. The Morgan fingerprint density at radius 3 is 1.94 bits per heavy atom. The van der Waals surface area contributed by atoms with Crippen LogP contribution in [0, 0.1) is 5.92 Å². The standard InChI is InChI=1S/C41H42N4O5/c46-36-22-18-29-14-8-16-33(24-29)32-15-7-13-28(23-32)17-21-34(43-40(49)37(45-36)31-19-20-31)39(48)44-35(25-27-9-3-1-4-10-27)38(47)41(50)42-26-30-11-5-2-6-12-30/h1-16,23-24,31,34-35,37H,17-22,25-26H2,(H,42,50)(H,43,49)(H,44,48)(H,45,46)/t34-,35-,37-/m0/s1. The van der Waals surface area contributed by atoms with E-state index in [9.17, 15) is 24.0 Å². The molecule has 0 spiro atoms. The number of amides is 4. The van der Waals surface area contributed by atoms with Crippen LogP contribution in [0.25, 0.3) is 11.1 Å². The first kappa shape index (κ1) is 34.3. The van der Waals surface area contributed by atoms with Crippen molar-refractivity contribution in [3.8, 4) is 11.1 Å². The molecule has 4 N–H and O–H groups in total. The Kier molecular flexibility index (Phi) is 11.1. The third-order valence-electron chi connectivity index (χ3n) is 9.31. The molecule has 9 nitrogen and oxygen atoms in total. The zero-order chi connectivity index (χ0) is 34.9. The smallest absolute Gasteiger partial charge is 0.289 e. The molecular formula is C41H42N4O5. The highest BCUT2D eigenvalue weighted by molar-refractivity contribution is 6.38. The number of ketones is 1. The Balaban J connectivity index is 1.25. The zero-order valence-corrected chi connectivity index (χ0v) is 27.9. The Morgan fingerprint density at radius 1 is 0.680 bits per heavy atom. The fourth-order valence-electron chi connectivity index (χ4n) is 6.34. The molecule has 1 saturated carbocycles. The van der Waals surface area contributed by atoms with E-state index in [2.05, 4.69) is 33.4 Å². The zero-order valence-electron chi connectivity index (χ0n) is 27.9. The van der Waals surface area contributed by atoms with Crippen LogP contribution in [0.1, 0.15) is 47.9 Å². The maximum absolute atomic E-state index is 14.1. The number of carbonyl (C=O) groups is 5. The number of Topliss-reactive ketones (excluding diaryl/α,β-unsaturated/α-hetero) is 1. The average molecular weight is 671 g/mol. The molecule has 9 heteroatoms. The van der Waals surface area contributed by atoms with Gasteiger partial charge in [-0.1, -0.05) is 109 Å². The Hall–Kier alpha value is -5.57. The van der Waals surface area contributed by atoms with Gasteiger partial charge in [-0.25, -0.2) is 0 Å². The van der Waals surface area contributed by atoms with Crippen LogP contribution in [0.15, 0.2) is 109 Å². The number of hydrogen-bond donors (Lipinski definition) is 4. The van der Waals surface area contributed by atoms with Crippen molar-refractivity contribution >= 4 is 29.4 Å². The fraction of sp³-hybridized carbons (Fsp3) is 0.293. The molecule has 4 aromatic rings. The maximum Gasteiger partial charge on any atom is 0.289 e. The molecule has 256 valence electrons. The number of nitrogens with one attached hydrogen (secondary N) is 4. The molecule has 2 aliphatic rings. The molecule has 1 aliphatic carbocycles. The Bertz CT molecular complexity index is 1840. The van der Waals surface area contributed by atoms with E-state index in [1.807, 2.05) is 97.1 Å². The lowest BCUT2D eigenvalue weighted by Gasteiger charge is -2.25. The molecule has 50 heavy (non-hydrogen) atoms. The normalized spacial score (nSPS) is 18.6.